The van der Waals surface area contributed by atoms with Crippen LogP contribution in [0.4, 0.5) is 17.1 Å². The van der Waals surface area contributed by atoms with Gasteiger partial charge in [0.2, 0.25) is 0 Å². The van der Waals surface area contributed by atoms with E-state index in [9.17, 15) is 0 Å². The molecule has 1 unspecified atom stereocenters. The third kappa shape index (κ3) is 5.14. The number of anilines is 3. The van der Waals surface area contributed by atoms with E-state index in [0.29, 0.717) is 18.1 Å². The SMILES string of the molecule is Cc1cnnc(C2(N)C=Cc3ncc(Nc4cncc(OCCN5CCOCC5)c4)cc3N2)c1. The molecule has 34 heavy (non-hydrogen) atoms. The highest BCUT2D eigenvalue weighted by atomic mass is 16.5. The molecule has 0 aliphatic carbocycles. The highest BCUT2D eigenvalue weighted by Gasteiger charge is 2.30. The summed E-state index contributed by atoms with van der Waals surface area (Å²) in [6.45, 7) is 6.87. The van der Waals surface area contributed by atoms with Crippen LogP contribution in [0.5, 0.6) is 5.75 Å². The molecule has 1 atom stereocenters. The molecule has 0 saturated carbocycles. The Hall–Kier alpha value is -3.60. The average molecular weight is 461 g/mol. The van der Waals surface area contributed by atoms with E-state index in [1.54, 1.807) is 24.8 Å². The van der Waals surface area contributed by atoms with Crippen LogP contribution in [-0.4, -0.2) is 64.5 Å². The number of morpholine rings is 1. The molecule has 0 radical (unpaired) electrons. The van der Waals surface area contributed by atoms with Gasteiger partial charge in [-0.1, -0.05) is 0 Å². The fraction of sp³-hybridized carbons (Fsp3) is 0.333. The number of pyridine rings is 2. The van der Waals surface area contributed by atoms with Crippen LogP contribution >= 0.6 is 0 Å². The summed E-state index contributed by atoms with van der Waals surface area (Å²) in [5.41, 5.74) is 10.5. The molecule has 4 N–H and O–H groups in total. The quantitative estimate of drug-likeness (QED) is 0.484. The minimum absolute atomic E-state index is 0.599. The minimum Gasteiger partial charge on any atom is -0.491 e. The van der Waals surface area contributed by atoms with Crippen LogP contribution in [0.25, 0.3) is 6.08 Å². The average Bonchev–Trinajstić information content (AvgIpc) is 2.85. The highest BCUT2D eigenvalue weighted by molar-refractivity contribution is 5.74. The molecule has 10 nitrogen and oxygen atoms in total. The van der Waals surface area contributed by atoms with E-state index in [-0.39, 0.29) is 0 Å². The van der Waals surface area contributed by atoms with Crippen molar-refractivity contribution in [2.75, 3.05) is 50.1 Å². The molecular formula is C24H28N8O2. The maximum Gasteiger partial charge on any atom is 0.151 e. The van der Waals surface area contributed by atoms with Gasteiger partial charge in [-0.15, -0.1) is 0 Å². The van der Waals surface area contributed by atoms with E-state index >= 15 is 0 Å². The van der Waals surface area contributed by atoms with Gasteiger partial charge in [-0.05, 0) is 36.8 Å². The molecule has 3 aromatic heterocycles. The Morgan fingerprint density at radius 2 is 2.00 bits per heavy atom. The number of ether oxygens (including phenoxy) is 2. The number of hydrogen-bond donors (Lipinski definition) is 3. The Morgan fingerprint density at radius 3 is 2.85 bits per heavy atom. The first-order valence-corrected chi connectivity index (χ1v) is 11.3. The van der Waals surface area contributed by atoms with Crippen molar-refractivity contribution in [1.82, 2.24) is 25.1 Å². The van der Waals surface area contributed by atoms with E-state index in [1.807, 2.05) is 37.3 Å². The number of rotatable bonds is 7. The highest BCUT2D eigenvalue weighted by Crippen LogP contribution is 2.32. The molecule has 10 heteroatoms. The van der Waals surface area contributed by atoms with Gasteiger partial charge < -0.3 is 25.8 Å². The van der Waals surface area contributed by atoms with Crippen LogP contribution in [0.1, 0.15) is 17.0 Å². The van der Waals surface area contributed by atoms with Crippen LogP contribution < -0.4 is 21.1 Å². The summed E-state index contributed by atoms with van der Waals surface area (Å²) in [6, 6.07) is 5.80. The third-order valence-corrected chi connectivity index (χ3v) is 5.76. The van der Waals surface area contributed by atoms with Crippen LogP contribution in [0.2, 0.25) is 0 Å². The molecule has 5 heterocycles. The number of fused-ring (bicyclic) bond motifs is 1. The molecule has 0 bridgehead atoms. The van der Waals surface area contributed by atoms with Crippen molar-refractivity contribution >= 4 is 23.1 Å². The van der Waals surface area contributed by atoms with Crippen LogP contribution in [0.15, 0.2) is 49.1 Å². The van der Waals surface area contributed by atoms with Gasteiger partial charge >= 0.3 is 0 Å². The lowest BCUT2D eigenvalue weighted by molar-refractivity contribution is 0.0322. The second-order valence-corrected chi connectivity index (χ2v) is 8.44. The molecule has 176 valence electrons. The Kier molecular flexibility index (Phi) is 6.35. The number of aromatic nitrogens is 4. The van der Waals surface area contributed by atoms with Gasteiger partial charge in [0.25, 0.3) is 0 Å². The number of aryl methyl sites for hydroxylation is 1. The fourth-order valence-corrected chi connectivity index (χ4v) is 3.92. The summed E-state index contributed by atoms with van der Waals surface area (Å²) < 4.78 is 11.3. The van der Waals surface area contributed by atoms with Crippen molar-refractivity contribution in [3.8, 4) is 5.75 Å². The Labute approximate surface area is 198 Å². The standard InChI is InChI=1S/C24H28N8O2/c1-17-10-23(31-28-13-17)24(25)3-2-21-22(30-24)12-19(15-27-21)29-18-11-20(16-26-14-18)34-9-6-32-4-7-33-8-5-32/h2-3,10-16,29-30H,4-9,25H2,1H3. The van der Waals surface area contributed by atoms with Crippen molar-refractivity contribution in [1.29, 1.82) is 0 Å². The number of nitrogens with one attached hydrogen (secondary N) is 2. The van der Waals surface area contributed by atoms with Crippen molar-refractivity contribution in [3.63, 3.8) is 0 Å². The molecule has 5 rings (SSSR count). The lowest BCUT2D eigenvalue weighted by Crippen LogP contribution is -2.45. The predicted octanol–water partition coefficient (Wildman–Crippen LogP) is 2.28. The molecule has 1 fully saturated rings. The first-order chi connectivity index (χ1) is 16.6. The van der Waals surface area contributed by atoms with Crippen molar-refractivity contribution in [2.45, 2.75) is 12.6 Å². The Bertz CT molecular complexity index is 1180. The largest absolute Gasteiger partial charge is 0.491 e. The maximum atomic E-state index is 6.60. The van der Waals surface area contributed by atoms with Crippen LogP contribution in [0, 0.1) is 6.92 Å². The summed E-state index contributed by atoms with van der Waals surface area (Å²) in [4.78, 5) is 11.2. The molecule has 3 aromatic rings. The summed E-state index contributed by atoms with van der Waals surface area (Å²) in [6.07, 6.45) is 10.7. The van der Waals surface area contributed by atoms with Crippen LogP contribution in [-0.2, 0) is 10.4 Å². The monoisotopic (exact) mass is 460 g/mol. The molecule has 2 aliphatic rings. The van der Waals surface area contributed by atoms with Crippen molar-refractivity contribution in [2.24, 2.45) is 5.73 Å². The lowest BCUT2D eigenvalue weighted by atomic mass is 10.00. The summed E-state index contributed by atoms with van der Waals surface area (Å²) in [5, 5.41) is 14.9. The number of hydrogen-bond acceptors (Lipinski definition) is 10. The van der Waals surface area contributed by atoms with Gasteiger partial charge in [-0.2, -0.15) is 10.2 Å². The first-order valence-electron chi connectivity index (χ1n) is 11.3. The molecule has 0 amide bonds. The van der Waals surface area contributed by atoms with Gasteiger partial charge in [0.05, 0.1) is 60.8 Å². The fourth-order valence-electron chi connectivity index (χ4n) is 3.92. The van der Waals surface area contributed by atoms with Gasteiger partial charge in [0.15, 0.2) is 5.66 Å². The van der Waals surface area contributed by atoms with E-state index in [1.165, 1.54) is 0 Å². The topological polar surface area (TPSA) is 123 Å². The van der Waals surface area contributed by atoms with Crippen molar-refractivity contribution < 1.29 is 9.47 Å². The zero-order valence-electron chi connectivity index (χ0n) is 19.1. The number of nitrogens with two attached hydrogens (primary N) is 1. The summed E-state index contributed by atoms with van der Waals surface area (Å²) in [7, 11) is 0. The Balaban J connectivity index is 1.25. The minimum atomic E-state index is -0.970. The van der Waals surface area contributed by atoms with Gasteiger partial charge in [-0.3, -0.25) is 14.9 Å². The van der Waals surface area contributed by atoms with E-state index in [0.717, 1.165) is 61.2 Å². The van der Waals surface area contributed by atoms with E-state index in [2.05, 4.69) is 35.7 Å². The first kappa shape index (κ1) is 22.2. The third-order valence-electron chi connectivity index (χ3n) is 5.76. The predicted molar refractivity (Wildman–Crippen MR) is 130 cm³/mol. The zero-order chi connectivity index (χ0) is 23.4. The van der Waals surface area contributed by atoms with Gasteiger partial charge in [-0.25, -0.2) is 0 Å². The smallest absolute Gasteiger partial charge is 0.151 e. The second-order valence-electron chi connectivity index (χ2n) is 8.44. The van der Waals surface area contributed by atoms with E-state index < -0.39 is 5.66 Å². The maximum absolute atomic E-state index is 6.60. The van der Waals surface area contributed by atoms with Gasteiger partial charge in [0, 0.05) is 25.7 Å². The molecule has 0 aromatic carbocycles. The molecular weight excluding hydrogens is 432 g/mol. The normalized spacial score (nSPS) is 19.8. The second kappa shape index (κ2) is 9.72. The molecule has 0 spiro atoms. The van der Waals surface area contributed by atoms with E-state index in [4.69, 9.17) is 15.2 Å². The zero-order valence-corrected chi connectivity index (χ0v) is 19.1. The Morgan fingerprint density at radius 1 is 1.15 bits per heavy atom. The summed E-state index contributed by atoms with van der Waals surface area (Å²) in [5.74, 6) is 0.712. The summed E-state index contributed by atoms with van der Waals surface area (Å²) >= 11 is 0. The lowest BCUT2D eigenvalue weighted by Gasteiger charge is -2.31. The molecule has 1 saturated heterocycles. The van der Waals surface area contributed by atoms with Crippen LogP contribution in [0.3, 0.4) is 0 Å². The number of nitrogens with zero attached hydrogens (tertiary/aromatic N) is 5. The van der Waals surface area contributed by atoms with Crippen molar-refractivity contribution in [3.05, 3.63) is 66.0 Å². The van der Waals surface area contributed by atoms with Gasteiger partial charge in [0.1, 0.15) is 18.1 Å². The molecule has 2 aliphatic heterocycles.